The molecule has 4 heterocycles. The van der Waals surface area contributed by atoms with Crippen molar-refractivity contribution in [1.82, 2.24) is 19.6 Å². The lowest BCUT2D eigenvalue weighted by atomic mass is 10.2. The average Bonchev–Trinajstić information content (AvgIpc) is 3.31. The third-order valence-corrected chi connectivity index (χ3v) is 4.77. The molecule has 1 aliphatic heterocycles. The van der Waals surface area contributed by atoms with E-state index < -0.39 is 11.5 Å². The molecule has 3 aromatic heterocycles. The second-order valence-electron chi connectivity index (χ2n) is 6.76. The highest BCUT2D eigenvalue weighted by Gasteiger charge is 2.15. The Bertz CT molecular complexity index is 1100. The van der Waals surface area contributed by atoms with Crippen LogP contribution in [-0.2, 0) is 4.74 Å². The number of hydrogen-bond donors (Lipinski definition) is 2. The maximum atomic E-state index is 12.8. The van der Waals surface area contributed by atoms with E-state index >= 15 is 0 Å². The molecule has 2 N–H and O–H groups in total. The minimum absolute atomic E-state index is 0.0150. The largest absolute Gasteiger partial charge is 0.459 e. The summed E-state index contributed by atoms with van der Waals surface area (Å²) in [7, 11) is 0. The highest BCUT2D eigenvalue weighted by Crippen LogP contribution is 2.08. The third-order valence-electron chi connectivity index (χ3n) is 4.77. The van der Waals surface area contributed by atoms with Gasteiger partial charge in [-0.25, -0.2) is 4.98 Å². The van der Waals surface area contributed by atoms with Crippen LogP contribution < -0.4 is 16.2 Å². The molecule has 10 heteroatoms. The van der Waals surface area contributed by atoms with Crippen molar-refractivity contribution >= 4 is 23.1 Å². The van der Waals surface area contributed by atoms with Crippen LogP contribution in [0.4, 0.5) is 5.69 Å². The van der Waals surface area contributed by atoms with Crippen LogP contribution in [0.2, 0.25) is 0 Å². The molecular weight excluding hydrogens is 390 g/mol. The predicted octanol–water partition coefficient (Wildman–Crippen LogP) is 0.602. The van der Waals surface area contributed by atoms with E-state index in [0.717, 1.165) is 19.6 Å². The number of nitrogens with one attached hydrogen (secondary N) is 2. The van der Waals surface area contributed by atoms with Gasteiger partial charge in [0.15, 0.2) is 5.76 Å². The van der Waals surface area contributed by atoms with Crippen LogP contribution in [0.5, 0.6) is 0 Å². The molecule has 0 saturated carbocycles. The van der Waals surface area contributed by atoms with Crippen LogP contribution in [0.15, 0.2) is 52.1 Å². The molecule has 0 aromatic carbocycles. The standard InChI is InChI=1S/C20H21N5O5/c26-18(21-5-6-24-7-10-29-11-8-24)14-3-4-17-22-12-15(20(28)25(17)13-14)23-19(27)16-2-1-9-30-16/h1-4,9,12-13H,5-8,10-11H2,(H,21,26)(H,23,27). The number of amides is 2. The first-order chi connectivity index (χ1) is 14.6. The number of ether oxygens (including phenoxy) is 1. The summed E-state index contributed by atoms with van der Waals surface area (Å²) in [5.41, 5.74) is 0.172. The molecule has 0 atom stereocenters. The van der Waals surface area contributed by atoms with Gasteiger partial charge in [-0.3, -0.25) is 23.7 Å². The smallest absolute Gasteiger partial charge is 0.291 e. The molecule has 0 unspecified atom stereocenters. The minimum atomic E-state index is -0.559. The molecule has 0 aliphatic carbocycles. The summed E-state index contributed by atoms with van der Waals surface area (Å²) in [6.07, 6.45) is 4.06. The molecule has 1 saturated heterocycles. The predicted molar refractivity (Wildman–Crippen MR) is 108 cm³/mol. The van der Waals surface area contributed by atoms with Crippen molar-refractivity contribution in [3.63, 3.8) is 0 Å². The Morgan fingerprint density at radius 1 is 1.13 bits per heavy atom. The summed E-state index contributed by atoms with van der Waals surface area (Å²) in [5.74, 6) is -0.772. The summed E-state index contributed by atoms with van der Waals surface area (Å²) in [6.45, 7) is 4.32. The van der Waals surface area contributed by atoms with Gasteiger partial charge in [-0.1, -0.05) is 0 Å². The summed E-state index contributed by atoms with van der Waals surface area (Å²) < 4.78 is 11.6. The van der Waals surface area contributed by atoms with Crippen LogP contribution in [0.3, 0.4) is 0 Å². The number of carbonyl (C=O) groups excluding carboxylic acids is 2. The van der Waals surface area contributed by atoms with Gasteiger partial charge in [0.1, 0.15) is 11.3 Å². The maximum Gasteiger partial charge on any atom is 0.291 e. The normalized spacial score (nSPS) is 14.5. The maximum absolute atomic E-state index is 12.8. The number of furan rings is 1. The van der Waals surface area contributed by atoms with Crippen LogP contribution in [-0.4, -0.2) is 65.5 Å². The molecular formula is C20H21N5O5. The zero-order chi connectivity index (χ0) is 20.9. The topological polar surface area (TPSA) is 118 Å². The van der Waals surface area contributed by atoms with Crippen molar-refractivity contribution in [1.29, 1.82) is 0 Å². The van der Waals surface area contributed by atoms with Gasteiger partial charge in [0.2, 0.25) is 0 Å². The average molecular weight is 411 g/mol. The zero-order valence-corrected chi connectivity index (χ0v) is 16.2. The number of anilines is 1. The van der Waals surface area contributed by atoms with Crippen molar-refractivity contribution in [2.75, 3.05) is 44.7 Å². The third kappa shape index (κ3) is 4.39. The molecule has 10 nitrogen and oxygen atoms in total. The van der Waals surface area contributed by atoms with Crippen molar-refractivity contribution in [3.05, 3.63) is 64.6 Å². The second-order valence-corrected chi connectivity index (χ2v) is 6.76. The zero-order valence-electron chi connectivity index (χ0n) is 16.2. The Balaban J connectivity index is 1.46. The highest BCUT2D eigenvalue weighted by molar-refractivity contribution is 6.02. The molecule has 4 rings (SSSR count). The Morgan fingerprint density at radius 3 is 2.73 bits per heavy atom. The molecule has 3 aromatic rings. The molecule has 156 valence electrons. The van der Waals surface area contributed by atoms with Crippen molar-refractivity contribution in [2.24, 2.45) is 0 Å². The van der Waals surface area contributed by atoms with Gasteiger partial charge in [0, 0.05) is 32.4 Å². The lowest BCUT2D eigenvalue weighted by molar-refractivity contribution is 0.0383. The van der Waals surface area contributed by atoms with E-state index in [0.29, 0.717) is 31.0 Å². The first-order valence-corrected chi connectivity index (χ1v) is 9.56. The number of pyridine rings is 1. The fraction of sp³-hybridized carbons (Fsp3) is 0.300. The number of morpholine rings is 1. The molecule has 1 fully saturated rings. The number of nitrogens with zero attached hydrogens (tertiary/aromatic N) is 3. The number of fused-ring (bicyclic) bond motifs is 1. The lowest BCUT2D eigenvalue weighted by Crippen LogP contribution is -2.41. The number of aromatic nitrogens is 2. The first-order valence-electron chi connectivity index (χ1n) is 9.56. The van der Waals surface area contributed by atoms with Gasteiger partial charge in [-0.15, -0.1) is 0 Å². The van der Waals surface area contributed by atoms with Gasteiger partial charge in [0.05, 0.1) is 31.2 Å². The summed E-state index contributed by atoms with van der Waals surface area (Å²) >= 11 is 0. The van der Waals surface area contributed by atoms with Crippen molar-refractivity contribution < 1.29 is 18.7 Å². The van der Waals surface area contributed by atoms with E-state index in [-0.39, 0.29) is 17.4 Å². The van der Waals surface area contributed by atoms with Gasteiger partial charge >= 0.3 is 0 Å². The van der Waals surface area contributed by atoms with E-state index in [4.69, 9.17) is 9.15 Å². The summed E-state index contributed by atoms with van der Waals surface area (Å²) in [4.78, 5) is 43.8. The number of rotatable bonds is 6. The fourth-order valence-corrected chi connectivity index (χ4v) is 3.14. The Labute approximate surface area is 171 Å². The second kappa shape index (κ2) is 8.89. The fourth-order valence-electron chi connectivity index (χ4n) is 3.14. The monoisotopic (exact) mass is 411 g/mol. The SMILES string of the molecule is O=C(NCCN1CCOCC1)c1ccc2ncc(NC(=O)c3ccco3)c(=O)n2c1. The lowest BCUT2D eigenvalue weighted by Gasteiger charge is -2.26. The van der Waals surface area contributed by atoms with Gasteiger partial charge < -0.3 is 19.8 Å². The molecule has 0 spiro atoms. The molecule has 30 heavy (non-hydrogen) atoms. The number of hydrogen-bond acceptors (Lipinski definition) is 7. The quantitative estimate of drug-likeness (QED) is 0.610. The van der Waals surface area contributed by atoms with Gasteiger partial charge in [0.25, 0.3) is 17.4 Å². The Hall–Kier alpha value is -3.50. The summed E-state index contributed by atoms with van der Waals surface area (Å²) in [6, 6.07) is 6.24. The molecule has 0 bridgehead atoms. The van der Waals surface area contributed by atoms with Crippen LogP contribution in [0.1, 0.15) is 20.9 Å². The van der Waals surface area contributed by atoms with Crippen molar-refractivity contribution in [3.8, 4) is 0 Å². The van der Waals surface area contributed by atoms with E-state index in [1.807, 2.05) is 0 Å². The summed E-state index contributed by atoms with van der Waals surface area (Å²) in [5, 5.41) is 5.34. The van der Waals surface area contributed by atoms with Crippen LogP contribution in [0.25, 0.3) is 5.65 Å². The first kappa shape index (κ1) is 19.8. The van der Waals surface area contributed by atoms with Gasteiger partial charge in [-0.2, -0.15) is 0 Å². The Kier molecular flexibility index (Phi) is 5.87. The molecule has 1 aliphatic rings. The Morgan fingerprint density at radius 2 is 1.97 bits per heavy atom. The molecule has 2 amide bonds. The minimum Gasteiger partial charge on any atom is -0.459 e. The van der Waals surface area contributed by atoms with Crippen LogP contribution in [0, 0.1) is 0 Å². The number of carbonyl (C=O) groups is 2. The van der Waals surface area contributed by atoms with E-state index in [2.05, 4.69) is 20.5 Å². The van der Waals surface area contributed by atoms with E-state index in [1.54, 1.807) is 18.2 Å². The van der Waals surface area contributed by atoms with E-state index in [9.17, 15) is 14.4 Å². The van der Waals surface area contributed by atoms with Crippen molar-refractivity contribution in [2.45, 2.75) is 0 Å². The van der Waals surface area contributed by atoms with Gasteiger partial charge in [-0.05, 0) is 24.3 Å². The van der Waals surface area contributed by atoms with Crippen LogP contribution >= 0.6 is 0 Å². The highest BCUT2D eigenvalue weighted by atomic mass is 16.5. The molecule has 0 radical (unpaired) electrons. The van der Waals surface area contributed by atoms with E-state index in [1.165, 1.54) is 29.1 Å².